The van der Waals surface area contributed by atoms with Crippen molar-refractivity contribution in [2.45, 2.75) is 38.6 Å². The summed E-state index contributed by atoms with van der Waals surface area (Å²) in [4.78, 5) is 9.55. The molecule has 3 aromatic rings. The summed E-state index contributed by atoms with van der Waals surface area (Å²) in [7, 11) is 0. The Morgan fingerprint density at radius 1 is 0.808 bits per heavy atom. The van der Waals surface area contributed by atoms with E-state index in [-0.39, 0.29) is 11.6 Å². The third-order valence-electron chi connectivity index (χ3n) is 5.74. The Morgan fingerprint density at radius 3 is 2.27 bits per heavy atom. The molecule has 1 aliphatic rings. The number of aliphatic imine (C=N–C) groups is 1. The normalized spacial score (nSPS) is 17.7. The standard InChI is InChI=1S/C22H20F2N2/c1-21(2)19-14(7-5-9-16(19)24)20(26-22(21,3)4)18-12-11-13-15(23)8-6-10-17(13)25-18/h5-12H,1-4H3. The fourth-order valence-corrected chi connectivity index (χ4v) is 3.59. The summed E-state index contributed by atoms with van der Waals surface area (Å²) in [5.41, 5.74) is 2.24. The van der Waals surface area contributed by atoms with Gasteiger partial charge in [-0.15, -0.1) is 0 Å². The maximum Gasteiger partial charge on any atom is 0.132 e. The minimum Gasteiger partial charge on any atom is -0.275 e. The molecule has 0 N–H and O–H groups in total. The van der Waals surface area contributed by atoms with E-state index >= 15 is 0 Å². The third-order valence-corrected chi connectivity index (χ3v) is 5.74. The molecule has 0 bridgehead atoms. The Balaban J connectivity index is 2.00. The van der Waals surface area contributed by atoms with Crippen molar-refractivity contribution in [2.24, 2.45) is 4.99 Å². The van der Waals surface area contributed by atoms with Crippen LogP contribution >= 0.6 is 0 Å². The molecule has 4 rings (SSSR count). The lowest BCUT2D eigenvalue weighted by Gasteiger charge is -2.44. The van der Waals surface area contributed by atoms with E-state index in [4.69, 9.17) is 4.99 Å². The molecular weight excluding hydrogens is 330 g/mol. The summed E-state index contributed by atoms with van der Waals surface area (Å²) in [5, 5.41) is 0.465. The number of hydrogen-bond donors (Lipinski definition) is 0. The largest absolute Gasteiger partial charge is 0.275 e. The molecule has 0 saturated carbocycles. The Kier molecular flexibility index (Phi) is 3.52. The van der Waals surface area contributed by atoms with Crippen LogP contribution in [0.15, 0.2) is 53.5 Å². The molecule has 0 saturated heterocycles. The van der Waals surface area contributed by atoms with Crippen molar-refractivity contribution in [3.63, 3.8) is 0 Å². The summed E-state index contributed by atoms with van der Waals surface area (Å²) in [6.07, 6.45) is 0. The minimum absolute atomic E-state index is 0.236. The molecule has 0 aliphatic carbocycles. The van der Waals surface area contributed by atoms with Crippen molar-refractivity contribution in [3.05, 3.63) is 77.0 Å². The van der Waals surface area contributed by atoms with Gasteiger partial charge in [0.1, 0.15) is 11.6 Å². The fourth-order valence-electron chi connectivity index (χ4n) is 3.59. The minimum atomic E-state index is -0.518. The van der Waals surface area contributed by atoms with Crippen LogP contribution in [0.2, 0.25) is 0 Å². The Bertz CT molecular complexity index is 1060. The smallest absolute Gasteiger partial charge is 0.132 e. The summed E-state index contributed by atoms with van der Waals surface area (Å²) >= 11 is 0. The van der Waals surface area contributed by atoms with Crippen molar-refractivity contribution >= 4 is 16.6 Å². The van der Waals surface area contributed by atoms with Crippen LogP contribution < -0.4 is 0 Å². The topological polar surface area (TPSA) is 25.2 Å². The van der Waals surface area contributed by atoms with Gasteiger partial charge in [0.25, 0.3) is 0 Å². The number of halogens is 2. The molecule has 0 fully saturated rings. The molecule has 0 atom stereocenters. The van der Waals surface area contributed by atoms with Crippen molar-refractivity contribution in [1.29, 1.82) is 0 Å². The second-order valence-corrected chi connectivity index (χ2v) is 7.81. The number of aromatic nitrogens is 1. The highest BCUT2D eigenvalue weighted by atomic mass is 19.1. The van der Waals surface area contributed by atoms with Gasteiger partial charge < -0.3 is 0 Å². The second kappa shape index (κ2) is 5.44. The highest BCUT2D eigenvalue weighted by Gasteiger charge is 2.45. The van der Waals surface area contributed by atoms with Gasteiger partial charge in [-0.2, -0.15) is 0 Å². The number of rotatable bonds is 1. The molecule has 1 aliphatic heterocycles. The predicted molar refractivity (Wildman–Crippen MR) is 101 cm³/mol. The molecule has 2 nitrogen and oxygen atoms in total. The Hall–Kier alpha value is -2.62. The monoisotopic (exact) mass is 350 g/mol. The van der Waals surface area contributed by atoms with Crippen LogP contribution in [-0.4, -0.2) is 16.2 Å². The van der Waals surface area contributed by atoms with Crippen LogP contribution in [-0.2, 0) is 5.41 Å². The lowest BCUT2D eigenvalue weighted by Crippen LogP contribution is -2.46. The SMILES string of the molecule is CC1(C)N=C(c2ccc3c(F)cccc3n2)c2cccc(F)c2C1(C)C. The Labute approximate surface area is 151 Å². The fraction of sp³-hybridized carbons (Fsp3) is 0.273. The highest BCUT2D eigenvalue weighted by Crippen LogP contribution is 2.44. The van der Waals surface area contributed by atoms with Crippen LogP contribution in [0.1, 0.15) is 44.5 Å². The Morgan fingerprint density at radius 2 is 1.50 bits per heavy atom. The average Bonchev–Trinajstić information content (AvgIpc) is 2.58. The van der Waals surface area contributed by atoms with Gasteiger partial charge in [-0.05, 0) is 44.2 Å². The predicted octanol–water partition coefficient (Wildman–Crippen LogP) is 5.42. The van der Waals surface area contributed by atoms with Gasteiger partial charge in [0.05, 0.1) is 22.5 Å². The molecule has 0 unspecified atom stereocenters. The number of hydrogen-bond acceptors (Lipinski definition) is 2. The van der Waals surface area contributed by atoms with Crippen LogP contribution in [0.4, 0.5) is 8.78 Å². The zero-order valence-electron chi connectivity index (χ0n) is 15.3. The van der Waals surface area contributed by atoms with E-state index in [0.29, 0.717) is 27.9 Å². The van der Waals surface area contributed by atoms with Gasteiger partial charge in [0, 0.05) is 21.9 Å². The summed E-state index contributed by atoms with van der Waals surface area (Å²) in [6, 6.07) is 13.4. The van der Waals surface area contributed by atoms with Crippen molar-refractivity contribution in [3.8, 4) is 0 Å². The molecule has 1 aromatic heterocycles. The van der Waals surface area contributed by atoms with Crippen LogP contribution in [0.25, 0.3) is 10.9 Å². The van der Waals surface area contributed by atoms with Gasteiger partial charge in [0.15, 0.2) is 0 Å². The van der Waals surface area contributed by atoms with Gasteiger partial charge in [-0.3, -0.25) is 4.99 Å². The molecule has 0 amide bonds. The first-order valence-corrected chi connectivity index (χ1v) is 8.67. The van der Waals surface area contributed by atoms with Crippen molar-refractivity contribution < 1.29 is 8.78 Å². The molecule has 2 heterocycles. The van der Waals surface area contributed by atoms with Crippen molar-refractivity contribution in [2.75, 3.05) is 0 Å². The van der Waals surface area contributed by atoms with Gasteiger partial charge >= 0.3 is 0 Å². The summed E-state index contributed by atoms with van der Waals surface area (Å²) in [6.45, 7) is 8.03. The van der Waals surface area contributed by atoms with Gasteiger partial charge in [0.2, 0.25) is 0 Å². The first-order valence-electron chi connectivity index (χ1n) is 8.67. The number of pyridine rings is 1. The lowest BCUT2D eigenvalue weighted by atomic mass is 9.65. The number of fused-ring (bicyclic) bond motifs is 2. The average molecular weight is 350 g/mol. The molecule has 0 spiro atoms. The van der Waals surface area contributed by atoms with E-state index in [9.17, 15) is 8.78 Å². The zero-order chi connectivity index (χ0) is 18.7. The quantitative estimate of drug-likeness (QED) is 0.575. The lowest BCUT2D eigenvalue weighted by molar-refractivity contribution is 0.293. The van der Waals surface area contributed by atoms with E-state index in [1.54, 1.807) is 30.3 Å². The maximum atomic E-state index is 14.8. The van der Waals surface area contributed by atoms with Gasteiger partial charge in [-0.25, -0.2) is 13.8 Å². The van der Waals surface area contributed by atoms with Gasteiger partial charge in [-0.1, -0.05) is 32.0 Å². The second-order valence-electron chi connectivity index (χ2n) is 7.81. The number of benzene rings is 2. The van der Waals surface area contributed by atoms with E-state index in [1.807, 2.05) is 33.8 Å². The van der Waals surface area contributed by atoms with E-state index in [2.05, 4.69) is 4.98 Å². The van der Waals surface area contributed by atoms with E-state index < -0.39 is 11.0 Å². The van der Waals surface area contributed by atoms with Crippen molar-refractivity contribution in [1.82, 2.24) is 4.98 Å². The molecule has 0 radical (unpaired) electrons. The molecule has 132 valence electrons. The third kappa shape index (κ3) is 2.28. The first kappa shape index (κ1) is 16.8. The molecule has 26 heavy (non-hydrogen) atoms. The molecule has 2 aromatic carbocycles. The van der Waals surface area contributed by atoms with Crippen LogP contribution in [0, 0.1) is 11.6 Å². The zero-order valence-corrected chi connectivity index (χ0v) is 15.3. The number of nitrogens with zero attached hydrogens (tertiary/aromatic N) is 2. The molecule has 4 heteroatoms. The van der Waals surface area contributed by atoms with Crippen LogP contribution in [0.5, 0.6) is 0 Å². The first-order chi connectivity index (χ1) is 12.2. The summed E-state index contributed by atoms with van der Waals surface area (Å²) < 4.78 is 28.7. The molecular formula is C22H20F2N2. The maximum absolute atomic E-state index is 14.8. The van der Waals surface area contributed by atoms with E-state index in [0.717, 1.165) is 5.56 Å². The summed E-state index contributed by atoms with van der Waals surface area (Å²) in [5.74, 6) is -0.542. The highest BCUT2D eigenvalue weighted by molar-refractivity contribution is 6.14. The van der Waals surface area contributed by atoms with E-state index in [1.165, 1.54) is 12.1 Å². The van der Waals surface area contributed by atoms with Crippen LogP contribution in [0.3, 0.4) is 0 Å².